The lowest BCUT2D eigenvalue weighted by molar-refractivity contribution is 0.0336. The van der Waals surface area contributed by atoms with Crippen LogP contribution in [0.1, 0.15) is 36.7 Å². The molecule has 0 spiro atoms. The minimum atomic E-state index is -0.315. The normalized spacial score (nSPS) is 14.1. The lowest BCUT2D eigenvalue weighted by atomic mass is 9.98. The summed E-state index contributed by atoms with van der Waals surface area (Å²) < 4.78 is 17.8. The van der Waals surface area contributed by atoms with Crippen molar-refractivity contribution in [1.82, 2.24) is 19.8 Å². The largest absolute Gasteiger partial charge is 0.497 e. The van der Waals surface area contributed by atoms with Crippen LogP contribution in [-0.2, 0) is 22.6 Å². The number of carbonyl (C=O) groups is 2. The average Bonchev–Trinajstić information content (AvgIpc) is 3.41. The number of hydrogen-bond donors (Lipinski definition) is 4. The van der Waals surface area contributed by atoms with Crippen LogP contribution in [0.5, 0.6) is 5.75 Å². The van der Waals surface area contributed by atoms with Gasteiger partial charge in [-0.15, -0.1) is 0 Å². The number of halogens is 2. The second-order valence-electron chi connectivity index (χ2n) is 18.2. The number of morpholine rings is 2. The smallest absolute Gasteiger partial charge is 0.323 e. The van der Waals surface area contributed by atoms with E-state index in [1.54, 1.807) is 13.2 Å². The van der Waals surface area contributed by atoms with E-state index in [1.807, 2.05) is 103 Å². The van der Waals surface area contributed by atoms with Gasteiger partial charge in [-0.1, -0.05) is 92.7 Å². The number of methoxy groups -OCH3 is 1. The van der Waals surface area contributed by atoms with Crippen molar-refractivity contribution in [3.8, 4) is 28.0 Å². The zero-order valence-electron chi connectivity index (χ0n) is 41.1. The molecule has 0 radical (unpaired) electrons. The maximum Gasteiger partial charge on any atom is 0.323 e. The summed E-state index contributed by atoms with van der Waals surface area (Å²) in [6.07, 6.45) is 3.87. The molecule has 4 N–H and O–H groups in total. The summed E-state index contributed by atoms with van der Waals surface area (Å²) in [5.41, 5.74) is 10.3. The third-order valence-corrected chi connectivity index (χ3v) is 14.1. The van der Waals surface area contributed by atoms with E-state index in [0.717, 1.165) is 141 Å². The first-order valence-corrected chi connectivity index (χ1v) is 26.0. The lowest BCUT2D eigenvalue weighted by Gasteiger charge is -2.26. The summed E-state index contributed by atoms with van der Waals surface area (Å²) in [7, 11) is 1.60. The van der Waals surface area contributed by atoms with Crippen LogP contribution in [0.25, 0.3) is 43.8 Å². The molecule has 4 amide bonds. The van der Waals surface area contributed by atoms with Gasteiger partial charge in [0.05, 0.1) is 62.0 Å². The second-order valence-corrected chi connectivity index (χ2v) is 19.9. The highest BCUT2D eigenvalue weighted by atomic mass is 79.9. The summed E-state index contributed by atoms with van der Waals surface area (Å²) >= 11 is 7.20. The Morgan fingerprint density at radius 1 is 0.575 bits per heavy atom. The summed E-state index contributed by atoms with van der Waals surface area (Å²) in [6, 6.07) is 43.3. The van der Waals surface area contributed by atoms with Crippen molar-refractivity contribution in [3.05, 3.63) is 172 Å². The number of carbonyl (C=O) groups excluding carboxylic acids is 2. The average molecular weight is 1110 g/mol. The SMILES string of the molecule is CC(C)c1cc(Br)c(NC(=O)Nc2ccc(-c3ccc(CN4CCOCC4)nc3)c3ccccc23)c(Br)c1.COc1cccc(NC(=O)Nc2ccc(-c3ccc(CN4CCOCC4)nc3)c3ccccc23)c1. The van der Waals surface area contributed by atoms with Crippen molar-refractivity contribution >= 4 is 88.2 Å². The van der Waals surface area contributed by atoms with Crippen LogP contribution in [0.2, 0.25) is 0 Å². The maximum absolute atomic E-state index is 13.0. The molecule has 0 aliphatic carbocycles. The lowest BCUT2D eigenvalue weighted by Crippen LogP contribution is -2.35. The fraction of sp³-hybridized carbons (Fsp3) is 0.241. The number of ether oxygens (including phenoxy) is 3. The molecule has 6 aromatic carbocycles. The Morgan fingerprint density at radius 2 is 1.05 bits per heavy atom. The van der Waals surface area contributed by atoms with Gasteiger partial charge in [-0.3, -0.25) is 19.8 Å². The monoisotopic (exact) mass is 1100 g/mol. The van der Waals surface area contributed by atoms with E-state index in [1.165, 1.54) is 5.56 Å². The molecule has 13 nitrogen and oxygen atoms in total. The molecular formula is C58H58Br2N8O5. The molecule has 0 unspecified atom stereocenters. The maximum atomic E-state index is 13.0. The molecule has 2 aliphatic rings. The van der Waals surface area contributed by atoms with Gasteiger partial charge in [0.15, 0.2) is 0 Å². The minimum absolute atomic E-state index is 0.310. The van der Waals surface area contributed by atoms with Crippen molar-refractivity contribution in [1.29, 1.82) is 0 Å². The van der Waals surface area contributed by atoms with E-state index in [2.05, 4.69) is 113 Å². The van der Waals surface area contributed by atoms with Crippen LogP contribution in [0.4, 0.5) is 32.3 Å². The predicted octanol–water partition coefficient (Wildman–Crippen LogP) is 13.4. The number of nitrogens with one attached hydrogen (secondary N) is 4. The number of urea groups is 2. The minimum Gasteiger partial charge on any atom is -0.497 e. The Hall–Kier alpha value is -6.72. The van der Waals surface area contributed by atoms with Crippen LogP contribution in [0.15, 0.2) is 155 Å². The van der Waals surface area contributed by atoms with Gasteiger partial charge in [0.2, 0.25) is 0 Å². The highest BCUT2D eigenvalue weighted by molar-refractivity contribution is 9.11. The van der Waals surface area contributed by atoms with Crippen molar-refractivity contribution in [2.75, 3.05) is 81.0 Å². The quantitative estimate of drug-likeness (QED) is 0.0940. The molecule has 2 aliphatic heterocycles. The van der Waals surface area contributed by atoms with Crippen LogP contribution in [-0.4, -0.2) is 91.5 Å². The van der Waals surface area contributed by atoms with E-state index in [-0.39, 0.29) is 12.1 Å². The molecule has 2 saturated heterocycles. The number of nitrogens with zero attached hydrogens (tertiary/aromatic N) is 4. The molecule has 4 heterocycles. The third-order valence-electron chi connectivity index (χ3n) is 12.9. The molecule has 10 rings (SSSR count). The zero-order chi connectivity index (χ0) is 50.7. The Morgan fingerprint density at radius 3 is 1.51 bits per heavy atom. The molecule has 0 saturated carbocycles. The van der Waals surface area contributed by atoms with Crippen LogP contribution < -0.4 is 26.0 Å². The van der Waals surface area contributed by atoms with Gasteiger partial charge in [0.25, 0.3) is 0 Å². The zero-order valence-corrected chi connectivity index (χ0v) is 44.3. The van der Waals surface area contributed by atoms with Gasteiger partial charge < -0.3 is 35.5 Å². The van der Waals surface area contributed by atoms with Crippen LogP contribution >= 0.6 is 31.9 Å². The molecule has 2 fully saturated rings. The third kappa shape index (κ3) is 13.1. The second kappa shape index (κ2) is 24.3. The number of amides is 4. The van der Waals surface area contributed by atoms with Crippen molar-refractivity contribution < 1.29 is 23.8 Å². The van der Waals surface area contributed by atoms with Gasteiger partial charge in [0.1, 0.15) is 5.75 Å². The first kappa shape index (κ1) is 51.2. The Balaban J connectivity index is 0.000000180. The first-order valence-electron chi connectivity index (χ1n) is 24.4. The highest BCUT2D eigenvalue weighted by Crippen LogP contribution is 2.37. The molecule has 0 atom stereocenters. The number of fused-ring (bicyclic) bond motifs is 2. The van der Waals surface area contributed by atoms with Crippen molar-refractivity contribution in [2.45, 2.75) is 32.9 Å². The topological polar surface area (TPSA) is 142 Å². The van der Waals surface area contributed by atoms with E-state index in [4.69, 9.17) is 24.2 Å². The first-order chi connectivity index (χ1) is 35.6. The van der Waals surface area contributed by atoms with E-state index < -0.39 is 0 Å². The molecule has 8 aromatic rings. The number of hydrogen-bond acceptors (Lipinski definition) is 9. The van der Waals surface area contributed by atoms with Crippen LogP contribution in [0, 0.1) is 0 Å². The summed E-state index contributed by atoms with van der Waals surface area (Å²) in [5, 5.41) is 15.9. The van der Waals surface area contributed by atoms with Gasteiger partial charge in [0, 0.05) is 94.3 Å². The van der Waals surface area contributed by atoms with Gasteiger partial charge >= 0.3 is 12.1 Å². The fourth-order valence-electron chi connectivity index (χ4n) is 8.95. The van der Waals surface area contributed by atoms with Crippen LogP contribution in [0.3, 0.4) is 0 Å². The Labute approximate surface area is 442 Å². The predicted molar refractivity (Wildman–Crippen MR) is 301 cm³/mol. The van der Waals surface area contributed by atoms with E-state index in [0.29, 0.717) is 23.0 Å². The highest BCUT2D eigenvalue weighted by Gasteiger charge is 2.18. The molecule has 0 bridgehead atoms. The Bertz CT molecular complexity index is 3180. The van der Waals surface area contributed by atoms with Crippen molar-refractivity contribution in [2.24, 2.45) is 0 Å². The standard InChI is InChI=1S/C30H30Br2N4O2.C28H28N4O3/c1-19(2)21-15-26(31)29(27(32)16-21)35-30(37)34-28-10-9-23(24-5-3-4-6-25(24)28)20-7-8-22(33-17-20)18-36-11-13-38-14-12-36;1-34-23-6-4-5-21(17-23)30-28(33)31-27-12-11-24(25-7-2-3-8-26(25)27)20-9-10-22(29-18-20)19-32-13-15-35-16-14-32/h3-10,15-17,19H,11-14,18H2,1-2H3,(H2,34,35,37);2-12,17-18H,13-16,19H2,1H3,(H2,30,31,33). The summed E-state index contributed by atoms with van der Waals surface area (Å²) in [5.74, 6) is 1.06. The summed E-state index contributed by atoms with van der Waals surface area (Å²) in [6.45, 7) is 12.8. The molecule has 374 valence electrons. The van der Waals surface area contributed by atoms with E-state index >= 15 is 0 Å². The number of rotatable bonds is 12. The molecule has 15 heteroatoms. The number of pyridine rings is 2. The molecule has 73 heavy (non-hydrogen) atoms. The van der Waals surface area contributed by atoms with E-state index in [9.17, 15) is 9.59 Å². The molecular weight excluding hydrogens is 1050 g/mol. The molecule has 2 aromatic heterocycles. The number of aromatic nitrogens is 2. The van der Waals surface area contributed by atoms with Gasteiger partial charge in [-0.2, -0.15) is 0 Å². The number of benzene rings is 6. The number of anilines is 4. The van der Waals surface area contributed by atoms with Gasteiger partial charge in [-0.05, 0) is 114 Å². The van der Waals surface area contributed by atoms with Gasteiger partial charge in [-0.25, -0.2) is 9.59 Å². The van der Waals surface area contributed by atoms with Crippen molar-refractivity contribution in [3.63, 3.8) is 0 Å². The Kier molecular flexibility index (Phi) is 17.1. The fourth-order valence-corrected chi connectivity index (χ4v) is 10.4. The summed E-state index contributed by atoms with van der Waals surface area (Å²) in [4.78, 5) is 39.9.